The minimum atomic E-state index is -0.0350. The van der Waals surface area contributed by atoms with E-state index in [2.05, 4.69) is 25.4 Å². The maximum atomic E-state index is 5.63. The number of aromatic nitrogens is 4. The van der Waals surface area contributed by atoms with Crippen molar-refractivity contribution in [2.24, 2.45) is 0 Å². The average molecular weight is 278 g/mol. The van der Waals surface area contributed by atoms with Crippen LogP contribution in [0.4, 0.5) is 11.9 Å². The van der Waals surface area contributed by atoms with Crippen LogP contribution in [0.15, 0.2) is 4.52 Å². The lowest BCUT2D eigenvalue weighted by Gasteiger charge is -2.10. The minimum absolute atomic E-state index is 0.0350. The molecule has 0 saturated heterocycles. The Morgan fingerprint density at radius 3 is 2.60 bits per heavy atom. The lowest BCUT2D eigenvalue weighted by atomic mass is 10.2. The van der Waals surface area contributed by atoms with Crippen LogP contribution in [0.2, 0.25) is 0 Å². The molecule has 0 unspecified atom stereocenters. The van der Waals surface area contributed by atoms with Gasteiger partial charge in [-0.25, -0.2) is 0 Å². The van der Waals surface area contributed by atoms with Crippen LogP contribution in [-0.2, 0) is 6.54 Å². The van der Waals surface area contributed by atoms with Crippen molar-refractivity contribution >= 4 is 11.9 Å². The number of hydrogen-bond acceptors (Lipinski definition) is 8. The molecule has 0 radical (unpaired) electrons. The second-order valence-corrected chi connectivity index (χ2v) is 4.62. The van der Waals surface area contributed by atoms with Gasteiger partial charge in [0.2, 0.25) is 11.9 Å². The van der Waals surface area contributed by atoms with E-state index in [9.17, 15) is 0 Å². The molecular formula is C12H18N6O2. The van der Waals surface area contributed by atoms with Crippen molar-refractivity contribution in [2.45, 2.75) is 40.3 Å². The fourth-order valence-corrected chi connectivity index (χ4v) is 1.64. The Kier molecular flexibility index (Phi) is 4.02. The minimum Gasteiger partial charge on any atom is -0.461 e. The standard InChI is InChI=1S/C12H18N6O2/c1-6(2)19-12-16-10(13)15-11(17-12)14-5-9-7(3)18-20-8(9)4/h6H,5H2,1-4H3,(H3,13,14,15,16,17). The molecule has 3 N–H and O–H groups in total. The van der Waals surface area contributed by atoms with E-state index in [1.165, 1.54) is 0 Å². The van der Waals surface area contributed by atoms with Crippen LogP contribution in [-0.4, -0.2) is 26.2 Å². The summed E-state index contributed by atoms with van der Waals surface area (Å²) in [5, 5.41) is 6.95. The Morgan fingerprint density at radius 2 is 2.00 bits per heavy atom. The highest BCUT2D eigenvalue weighted by Gasteiger charge is 2.11. The molecule has 0 fully saturated rings. The van der Waals surface area contributed by atoms with Crippen LogP contribution < -0.4 is 15.8 Å². The molecule has 0 amide bonds. The Hall–Kier alpha value is -2.38. The van der Waals surface area contributed by atoms with Crippen LogP contribution in [0.3, 0.4) is 0 Å². The molecule has 20 heavy (non-hydrogen) atoms. The Balaban J connectivity index is 2.11. The first-order chi connectivity index (χ1) is 9.45. The maximum Gasteiger partial charge on any atom is 0.323 e. The Bertz CT molecular complexity index is 576. The lowest BCUT2D eigenvalue weighted by molar-refractivity contribution is 0.222. The summed E-state index contributed by atoms with van der Waals surface area (Å²) in [4.78, 5) is 12.1. The van der Waals surface area contributed by atoms with Crippen LogP contribution >= 0.6 is 0 Å². The van der Waals surface area contributed by atoms with Gasteiger partial charge >= 0.3 is 6.01 Å². The zero-order valence-corrected chi connectivity index (χ0v) is 12.0. The van der Waals surface area contributed by atoms with Gasteiger partial charge in [-0.3, -0.25) is 0 Å². The van der Waals surface area contributed by atoms with Crippen molar-refractivity contribution in [1.29, 1.82) is 0 Å². The van der Waals surface area contributed by atoms with Gasteiger partial charge in [0.05, 0.1) is 11.8 Å². The van der Waals surface area contributed by atoms with Crippen molar-refractivity contribution < 1.29 is 9.26 Å². The third kappa shape index (κ3) is 3.34. The van der Waals surface area contributed by atoms with E-state index in [1.807, 2.05) is 27.7 Å². The predicted molar refractivity (Wildman–Crippen MR) is 73.3 cm³/mol. The molecule has 0 bridgehead atoms. The number of nitrogens with zero attached hydrogens (tertiary/aromatic N) is 4. The molecule has 2 aromatic heterocycles. The molecule has 0 aliphatic heterocycles. The average Bonchev–Trinajstić information content (AvgIpc) is 2.65. The molecule has 0 spiro atoms. The summed E-state index contributed by atoms with van der Waals surface area (Å²) in [5.74, 6) is 1.22. The fourth-order valence-electron chi connectivity index (χ4n) is 1.64. The number of ether oxygens (including phenoxy) is 1. The number of hydrogen-bond donors (Lipinski definition) is 2. The summed E-state index contributed by atoms with van der Waals surface area (Å²) in [7, 11) is 0. The third-order valence-corrected chi connectivity index (χ3v) is 2.58. The quantitative estimate of drug-likeness (QED) is 0.845. The fraction of sp³-hybridized carbons (Fsp3) is 0.500. The summed E-state index contributed by atoms with van der Waals surface area (Å²) in [6, 6.07) is 0.203. The number of anilines is 2. The predicted octanol–water partition coefficient (Wildman–Crippen LogP) is 1.46. The summed E-state index contributed by atoms with van der Waals surface area (Å²) in [6.07, 6.45) is -0.0350. The number of aryl methyl sites for hydroxylation is 2. The number of nitrogen functional groups attached to an aromatic ring is 1. The van der Waals surface area contributed by atoms with Crippen molar-refractivity contribution in [1.82, 2.24) is 20.1 Å². The van der Waals surface area contributed by atoms with Gasteiger partial charge in [-0.05, 0) is 27.7 Å². The van der Waals surface area contributed by atoms with E-state index in [4.69, 9.17) is 15.0 Å². The lowest BCUT2D eigenvalue weighted by Crippen LogP contribution is -2.13. The van der Waals surface area contributed by atoms with Gasteiger partial charge in [-0.15, -0.1) is 0 Å². The third-order valence-electron chi connectivity index (χ3n) is 2.58. The topological polar surface area (TPSA) is 112 Å². The van der Waals surface area contributed by atoms with E-state index < -0.39 is 0 Å². The van der Waals surface area contributed by atoms with Crippen LogP contribution in [0.5, 0.6) is 6.01 Å². The zero-order chi connectivity index (χ0) is 14.7. The molecular weight excluding hydrogens is 260 g/mol. The summed E-state index contributed by atoms with van der Waals surface area (Å²) in [5.41, 5.74) is 7.43. The largest absolute Gasteiger partial charge is 0.461 e. The van der Waals surface area contributed by atoms with E-state index in [0.717, 1.165) is 17.0 Å². The van der Waals surface area contributed by atoms with Crippen LogP contribution in [0, 0.1) is 13.8 Å². The van der Waals surface area contributed by atoms with Gasteiger partial charge < -0.3 is 20.3 Å². The second kappa shape index (κ2) is 5.72. The first-order valence-corrected chi connectivity index (χ1v) is 6.29. The van der Waals surface area contributed by atoms with Gasteiger partial charge in [-0.2, -0.15) is 15.0 Å². The normalized spacial score (nSPS) is 10.8. The van der Waals surface area contributed by atoms with Crippen LogP contribution in [0.25, 0.3) is 0 Å². The van der Waals surface area contributed by atoms with Crippen molar-refractivity contribution in [3.05, 3.63) is 17.0 Å². The molecule has 2 rings (SSSR count). The SMILES string of the molecule is Cc1noc(C)c1CNc1nc(N)nc(OC(C)C)n1. The van der Waals surface area contributed by atoms with Crippen molar-refractivity contribution in [3.8, 4) is 6.01 Å². The molecule has 0 aromatic carbocycles. The van der Waals surface area contributed by atoms with E-state index in [0.29, 0.717) is 12.5 Å². The molecule has 0 aliphatic carbocycles. The van der Waals surface area contributed by atoms with Gasteiger partial charge in [0, 0.05) is 12.1 Å². The number of nitrogens with one attached hydrogen (secondary N) is 1. The second-order valence-electron chi connectivity index (χ2n) is 4.62. The molecule has 2 heterocycles. The molecule has 8 heteroatoms. The smallest absolute Gasteiger partial charge is 0.323 e. The molecule has 8 nitrogen and oxygen atoms in total. The van der Waals surface area contributed by atoms with E-state index in [1.54, 1.807) is 0 Å². The van der Waals surface area contributed by atoms with E-state index >= 15 is 0 Å². The van der Waals surface area contributed by atoms with Gasteiger partial charge in [0.15, 0.2) is 0 Å². The van der Waals surface area contributed by atoms with Crippen molar-refractivity contribution in [3.63, 3.8) is 0 Å². The first kappa shape index (κ1) is 14.0. The molecule has 0 aliphatic rings. The monoisotopic (exact) mass is 278 g/mol. The molecule has 108 valence electrons. The highest BCUT2D eigenvalue weighted by Crippen LogP contribution is 2.15. The molecule has 0 saturated carbocycles. The summed E-state index contributed by atoms with van der Waals surface area (Å²) >= 11 is 0. The molecule has 0 atom stereocenters. The number of nitrogens with two attached hydrogens (primary N) is 1. The van der Waals surface area contributed by atoms with Crippen molar-refractivity contribution in [2.75, 3.05) is 11.1 Å². The summed E-state index contributed by atoms with van der Waals surface area (Å²) in [6.45, 7) is 7.99. The van der Waals surface area contributed by atoms with Gasteiger partial charge in [-0.1, -0.05) is 5.16 Å². The van der Waals surface area contributed by atoms with Gasteiger partial charge in [0.1, 0.15) is 5.76 Å². The highest BCUT2D eigenvalue weighted by atomic mass is 16.5. The Labute approximate surface area is 116 Å². The van der Waals surface area contributed by atoms with E-state index in [-0.39, 0.29) is 18.1 Å². The highest BCUT2D eigenvalue weighted by molar-refractivity contribution is 5.35. The van der Waals surface area contributed by atoms with Gasteiger partial charge in [0.25, 0.3) is 0 Å². The maximum absolute atomic E-state index is 5.63. The summed E-state index contributed by atoms with van der Waals surface area (Å²) < 4.78 is 10.5. The van der Waals surface area contributed by atoms with Crippen LogP contribution in [0.1, 0.15) is 30.9 Å². The first-order valence-electron chi connectivity index (χ1n) is 6.29. The zero-order valence-electron chi connectivity index (χ0n) is 12.0. The molecule has 2 aromatic rings. The number of rotatable bonds is 5. The Morgan fingerprint density at radius 1 is 1.25 bits per heavy atom.